The standard InChI is InChI=1S/C10H10ClO/c1-10(2)6-7-5-8(11)3-4-9(7)12-10/h3,5H,6H2,1-2H3. The Morgan fingerprint density at radius 3 is 3.08 bits per heavy atom. The minimum Gasteiger partial charge on any atom is -0.487 e. The Kier molecular flexibility index (Phi) is 1.58. The van der Waals surface area contributed by atoms with Crippen LogP contribution in [0.3, 0.4) is 0 Å². The highest BCUT2D eigenvalue weighted by molar-refractivity contribution is 6.30. The first-order valence-electron chi connectivity index (χ1n) is 3.96. The zero-order valence-corrected chi connectivity index (χ0v) is 7.90. The number of hydrogen-bond acceptors (Lipinski definition) is 1. The molecule has 1 aliphatic heterocycles. The second-order valence-electron chi connectivity index (χ2n) is 3.71. The van der Waals surface area contributed by atoms with Gasteiger partial charge in [0.1, 0.15) is 11.4 Å². The van der Waals surface area contributed by atoms with Crippen LogP contribution in [0, 0.1) is 6.07 Å². The number of benzene rings is 1. The zero-order chi connectivity index (χ0) is 8.77. The molecule has 0 amide bonds. The minimum atomic E-state index is -0.0937. The van der Waals surface area contributed by atoms with Crippen LogP contribution in [-0.4, -0.2) is 5.60 Å². The first kappa shape index (κ1) is 7.93. The lowest BCUT2D eigenvalue weighted by Crippen LogP contribution is -2.24. The van der Waals surface area contributed by atoms with Crippen LogP contribution in [0.5, 0.6) is 5.75 Å². The summed E-state index contributed by atoms with van der Waals surface area (Å²) in [5.41, 5.74) is 1.07. The highest BCUT2D eigenvalue weighted by Gasteiger charge is 2.29. The molecule has 1 radical (unpaired) electrons. The Bertz CT molecular complexity index is 318. The van der Waals surface area contributed by atoms with E-state index in [1.54, 1.807) is 6.07 Å². The Morgan fingerprint density at radius 1 is 1.58 bits per heavy atom. The van der Waals surface area contributed by atoms with Crippen molar-refractivity contribution < 1.29 is 4.74 Å². The van der Waals surface area contributed by atoms with Gasteiger partial charge in [-0.2, -0.15) is 0 Å². The van der Waals surface area contributed by atoms with Gasteiger partial charge in [-0.05, 0) is 26.0 Å². The third-order valence-corrected chi connectivity index (χ3v) is 2.16. The van der Waals surface area contributed by atoms with E-state index in [1.807, 2.05) is 6.07 Å². The van der Waals surface area contributed by atoms with Crippen molar-refractivity contribution in [1.82, 2.24) is 0 Å². The summed E-state index contributed by atoms with van der Waals surface area (Å²) in [6, 6.07) is 6.70. The molecule has 0 atom stereocenters. The van der Waals surface area contributed by atoms with E-state index in [1.165, 1.54) is 0 Å². The third-order valence-electron chi connectivity index (χ3n) is 1.94. The Hall–Kier alpha value is -0.690. The number of hydrogen-bond donors (Lipinski definition) is 0. The summed E-state index contributed by atoms with van der Waals surface area (Å²) >= 11 is 5.83. The van der Waals surface area contributed by atoms with E-state index in [9.17, 15) is 0 Å². The Balaban J connectivity index is 2.43. The minimum absolute atomic E-state index is 0.0937. The second-order valence-corrected chi connectivity index (χ2v) is 4.15. The van der Waals surface area contributed by atoms with Gasteiger partial charge in [0.25, 0.3) is 0 Å². The molecule has 0 saturated carbocycles. The van der Waals surface area contributed by atoms with E-state index in [0.29, 0.717) is 0 Å². The summed E-state index contributed by atoms with van der Waals surface area (Å²) in [7, 11) is 0. The van der Waals surface area contributed by atoms with Crippen LogP contribution in [0.4, 0.5) is 0 Å². The van der Waals surface area contributed by atoms with Gasteiger partial charge in [0.15, 0.2) is 0 Å². The van der Waals surface area contributed by atoms with Crippen LogP contribution >= 0.6 is 11.6 Å². The molecule has 0 aliphatic carbocycles. The molecular weight excluding hydrogens is 172 g/mol. The molecule has 1 aromatic rings. The predicted molar refractivity (Wildman–Crippen MR) is 48.7 cm³/mol. The van der Waals surface area contributed by atoms with Crippen LogP contribution in [0.1, 0.15) is 19.4 Å². The maximum Gasteiger partial charge on any atom is 0.131 e. The van der Waals surface area contributed by atoms with Crippen LogP contribution in [0.25, 0.3) is 0 Å². The summed E-state index contributed by atoms with van der Waals surface area (Å²) < 4.78 is 5.64. The highest BCUT2D eigenvalue weighted by Crippen LogP contribution is 2.35. The number of halogens is 1. The molecule has 12 heavy (non-hydrogen) atoms. The van der Waals surface area contributed by atoms with Gasteiger partial charge >= 0.3 is 0 Å². The van der Waals surface area contributed by atoms with E-state index in [-0.39, 0.29) is 5.60 Å². The lowest BCUT2D eigenvalue weighted by molar-refractivity contribution is 0.138. The summed E-state index contributed by atoms with van der Waals surface area (Å²) in [4.78, 5) is 0. The summed E-state index contributed by atoms with van der Waals surface area (Å²) in [5.74, 6) is 0.851. The topological polar surface area (TPSA) is 9.23 Å². The Labute approximate surface area is 77.3 Å². The second kappa shape index (κ2) is 2.40. The zero-order valence-electron chi connectivity index (χ0n) is 7.15. The molecule has 0 aromatic heterocycles. The molecule has 0 N–H and O–H groups in total. The maximum absolute atomic E-state index is 5.83. The van der Waals surface area contributed by atoms with E-state index in [0.717, 1.165) is 22.8 Å². The molecule has 63 valence electrons. The third kappa shape index (κ3) is 1.29. The van der Waals surface area contributed by atoms with Gasteiger partial charge in [0.2, 0.25) is 0 Å². The van der Waals surface area contributed by atoms with Crippen molar-refractivity contribution in [3.05, 3.63) is 28.8 Å². The van der Waals surface area contributed by atoms with Gasteiger partial charge in [-0.15, -0.1) is 0 Å². The van der Waals surface area contributed by atoms with Gasteiger partial charge in [0, 0.05) is 23.1 Å². The summed E-state index contributed by atoms with van der Waals surface area (Å²) in [6.45, 7) is 4.13. The van der Waals surface area contributed by atoms with Crippen LogP contribution in [-0.2, 0) is 6.42 Å². The monoisotopic (exact) mass is 181 g/mol. The predicted octanol–water partition coefficient (Wildman–Crippen LogP) is 2.85. The quantitative estimate of drug-likeness (QED) is 0.598. The average molecular weight is 182 g/mol. The van der Waals surface area contributed by atoms with Crippen LogP contribution in [0.15, 0.2) is 12.1 Å². The van der Waals surface area contributed by atoms with Gasteiger partial charge in [0.05, 0.1) is 0 Å². The van der Waals surface area contributed by atoms with Crippen molar-refractivity contribution in [1.29, 1.82) is 0 Å². The van der Waals surface area contributed by atoms with Gasteiger partial charge < -0.3 is 4.74 Å². The SMILES string of the molecule is CC1(C)Cc2cc(Cl)c[c]c2O1. The molecule has 1 heterocycles. The van der Waals surface area contributed by atoms with E-state index >= 15 is 0 Å². The largest absolute Gasteiger partial charge is 0.487 e. The molecular formula is C10H10ClO. The molecule has 0 saturated heterocycles. The van der Waals surface area contributed by atoms with E-state index in [2.05, 4.69) is 19.9 Å². The van der Waals surface area contributed by atoms with Crippen molar-refractivity contribution >= 4 is 11.6 Å². The molecule has 2 rings (SSSR count). The first-order valence-corrected chi connectivity index (χ1v) is 4.34. The number of rotatable bonds is 0. The normalized spacial score (nSPS) is 18.6. The fraction of sp³-hybridized carbons (Fsp3) is 0.400. The fourth-order valence-corrected chi connectivity index (χ4v) is 1.68. The van der Waals surface area contributed by atoms with Crippen molar-refractivity contribution in [2.45, 2.75) is 25.9 Å². The van der Waals surface area contributed by atoms with Crippen LogP contribution in [0.2, 0.25) is 5.02 Å². The van der Waals surface area contributed by atoms with Crippen molar-refractivity contribution in [3.63, 3.8) is 0 Å². The molecule has 1 nitrogen and oxygen atoms in total. The number of ether oxygens (including phenoxy) is 1. The fourth-order valence-electron chi connectivity index (χ4n) is 1.50. The smallest absolute Gasteiger partial charge is 0.131 e. The summed E-state index contributed by atoms with van der Waals surface area (Å²) in [5, 5.41) is 0.732. The number of fused-ring (bicyclic) bond motifs is 1. The molecule has 1 aliphatic rings. The van der Waals surface area contributed by atoms with E-state index in [4.69, 9.17) is 16.3 Å². The molecule has 0 bridgehead atoms. The maximum atomic E-state index is 5.83. The molecule has 0 fully saturated rings. The van der Waals surface area contributed by atoms with Gasteiger partial charge in [-0.1, -0.05) is 11.6 Å². The van der Waals surface area contributed by atoms with E-state index < -0.39 is 0 Å². The Morgan fingerprint density at radius 2 is 2.33 bits per heavy atom. The molecule has 1 aromatic carbocycles. The van der Waals surface area contributed by atoms with Crippen molar-refractivity contribution in [2.24, 2.45) is 0 Å². The van der Waals surface area contributed by atoms with Crippen molar-refractivity contribution in [2.75, 3.05) is 0 Å². The van der Waals surface area contributed by atoms with Gasteiger partial charge in [-0.3, -0.25) is 0 Å². The molecule has 0 unspecified atom stereocenters. The van der Waals surface area contributed by atoms with Gasteiger partial charge in [-0.25, -0.2) is 0 Å². The molecule has 0 spiro atoms. The molecule has 2 heteroatoms. The van der Waals surface area contributed by atoms with Crippen LogP contribution < -0.4 is 4.74 Å². The first-order chi connectivity index (χ1) is 5.57. The summed E-state index contributed by atoms with van der Waals surface area (Å²) in [6.07, 6.45) is 0.916. The lowest BCUT2D eigenvalue weighted by Gasteiger charge is -2.16. The highest BCUT2D eigenvalue weighted by atomic mass is 35.5. The average Bonchev–Trinajstić information content (AvgIpc) is 2.21. The van der Waals surface area contributed by atoms with Crippen molar-refractivity contribution in [3.8, 4) is 5.75 Å². The lowest BCUT2D eigenvalue weighted by atomic mass is 10.0.